The van der Waals surface area contributed by atoms with E-state index >= 15 is 0 Å². The molecule has 2 aromatic heterocycles. The minimum atomic E-state index is -0.275. The zero-order valence-electron chi connectivity index (χ0n) is 44.9. The Balaban J connectivity index is 0.000000210. The topological polar surface area (TPSA) is 128 Å². The number of likely N-dealkylation sites (N-methyl/N-ethyl adjacent to an activating group) is 2. The summed E-state index contributed by atoms with van der Waals surface area (Å²) in [6.07, 6.45) is 8.95. The van der Waals surface area contributed by atoms with Crippen molar-refractivity contribution in [1.29, 1.82) is 0 Å². The summed E-state index contributed by atoms with van der Waals surface area (Å²) in [4.78, 5) is 39.3. The molecule has 1 N–H and O–H groups in total. The first kappa shape index (κ1) is 57.2. The van der Waals surface area contributed by atoms with Gasteiger partial charge in [-0.05, 0) is 114 Å². The summed E-state index contributed by atoms with van der Waals surface area (Å²) in [6.45, 7) is 25.4. The summed E-state index contributed by atoms with van der Waals surface area (Å²) >= 11 is 6.23. The van der Waals surface area contributed by atoms with E-state index in [0.29, 0.717) is 118 Å². The predicted octanol–water partition coefficient (Wildman–Crippen LogP) is 4.87. The Morgan fingerprint density at radius 3 is 1.62 bits per heavy atom. The van der Waals surface area contributed by atoms with Gasteiger partial charge < -0.3 is 50.0 Å². The van der Waals surface area contributed by atoms with Gasteiger partial charge in [-0.15, -0.1) is 0 Å². The van der Waals surface area contributed by atoms with Gasteiger partial charge in [0.1, 0.15) is 41.4 Å². The number of aliphatic hydroxyl groups excluding tert-OH is 1. The van der Waals surface area contributed by atoms with Gasteiger partial charge in [0.15, 0.2) is 0 Å². The molecule has 0 radical (unpaired) electrons. The Morgan fingerprint density at radius 1 is 0.676 bits per heavy atom. The zero-order valence-corrected chi connectivity index (χ0v) is 46.7. The molecule has 8 heterocycles. The molecule has 10 rings (SSSR count). The number of rotatable bonds is 14. The van der Waals surface area contributed by atoms with Gasteiger partial charge in [-0.2, -0.15) is 9.97 Å². The molecule has 20 heteroatoms. The molecule has 0 spiro atoms. The van der Waals surface area contributed by atoms with Crippen molar-refractivity contribution in [3.8, 4) is 17.5 Å². The summed E-state index contributed by atoms with van der Waals surface area (Å²) in [6, 6.07) is 11.1. The number of methoxy groups -OCH3 is 2. The molecule has 6 aliphatic heterocycles. The molecule has 4 saturated heterocycles. The zero-order chi connectivity index (χ0) is 51.4. The van der Waals surface area contributed by atoms with E-state index in [-0.39, 0.29) is 47.9 Å². The molecule has 0 bridgehead atoms. The number of benzene rings is 2. The number of aromatic nitrogens is 4. The number of anilines is 2. The van der Waals surface area contributed by atoms with Crippen molar-refractivity contribution in [2.24, 2.45) is 11.8 Å². The normalized spacial score (nSPS) is 21.8. The Morgan fingerprint density at radius 2 is 1.16 bits per heavy atom. The van der Waals surface area contributed by atoms with Crippen LogP contribution in [-0.2, 0) is 39.3 Å². The summed E-state index contributed by atoms with van der Waals surface area (Å²) in [5, 5.41) is 8.93. The number of likely N-dealkylation sites (tertiary alicyclic amines) is 2. The largest absolute Gasteiger partial charge is 1.00 e. The first-order chi connectivity index (χ1) is 35.5. The van der Waals surface area contributed by atoms with Crippen LogP contribution in [0.5, 0.6) is 17.5 Å². The SMILES string of the molecule is CN1CCC[C@H]1CO.[C-]#[N+]C[C@@H]1CCCN(c2nc(Cl)nc3c2CN(Cc2c(F)cccc2OC)C3)C1.[C-]#[N+]C[C@@H]1CCCN(c2nc(OC[C@@H]3CCCN3C)nc3c2CN(Cc2c(F)cccc2OC)C3)C1.[H-].[Na+]. The first-order valence-corrected chi connectivity index (χ1v) is 26.2. The fourth-order valence-electron chi connectivity index (χ4n) is 11.2. The minimum Gasteiger partial charge on any atom is -1.00 e. The molecule has 394 valence electrons. The fourth-order valence-corrected chi connectivity index (χ4v) is 11.4. The van der Waals surface area contributed by atoms with Crippen LogP contribution in [0.25, 0.3) is 9.69 Å². The maximum atomic E-state index is 14.7. The monoisotopic (exact) mass is 1050 g/mol. The van der Waals surface area contributed by atoms with E-state index in [9.17, 15) is 8.78 Å². The molecule has 74 heavy (non-hydrogen) atoms. The number of nitrogens with zero attached hydrogens (tertiary/aromatic N) is 12. The molecule has 4 fully saturated rings. The Kier molecular flexibility index (Phi) is 21.3. The molecule has 4 aromatic rings. The van der Waals surface area contributed by atoms with E-state index in [0.717, 1.165) is 106 Å². The second-order valence-corrected chi connectivity index (χ2v) is 20.6. The maximum Gasteiger partial charge on any atom is 1.00 e. The summed E-state index contributed by atoms with van der Waals surface area (Å²) in [5.41, 5.74) is 5.06. The van der Waals surface area contributed by atoms with E-state index in [1.54, 1.807) is 38.5 Å². The molecular weight excluding hydrogens is 977 g/mol. The summed E-state index contributed by atoms with van der Waals surface area (Å²) in [7, 11) is 7.32. The number of fused-ring (bicyclic) bond motifs is 2. The Labute approximate surface area is 464 Å². The van der Waals surface area contributed by atoms with Crippen molar-refractivity contribution in [2.75, 3.05) is 104 Å². The van der Waals surface area contributed by atoms with Crippen LogP contribution in [0.4, 0.5) is 20.4 Å². The summed E-state index contributed by atoms with van der Waals surface area (Å²) in [5.74, 6) is 3.03. The average molecular weight is 1050 g/mol. The Bertz CT molecular complexity index is 2600. The van der Waals surface area contributed by atoms with Gasteiger partial charge in [-0.3, -0.25) is 9.80 Å². The second kappa shape index (κ2) is 27.5. The van der Waals surface area contributed by atoms with Crippen LogP contribution in [0.2, 0.25) is 5.28 Å². The Hall–Kier alpha value is -4.47. The van der Waals surface area contributed by atoms with Gasteiger partial charge in [0, 0.05) is 112 Å². The number of halogens is 3. The van der Waals surface area contributed by atoms with Crippen LogP contribution in [0.15, 0.2) is 36.4 Å². The minimum absolute atomic E-state index is 0. The van der Waals surface area contributed by atoms with Crippen LogP contribution in [-0.4, -0.2) is 151 Å². The number of aliphatic hydroxyl groups is 1. The van der Waals surface area contributed by atoms with Crippen molar-refractivity contribution in [1.82, 2.24) is 39.5 Å². The van der Waals surface area contributed by atoms with Gasteiger partial charge in [0.2, 0.25) is 18.4 Å². The van der Waals surface area contributed by atoms with Crippen LogP contribution >= 0.6 is 11.6 Å². The maximum absolute atomic E-state index is 14.7. The molecule has 0 unspecified atom stereocenters. The fraction of sp³-hybridized carbons (Fsp3) is 0.593. The van der Waals surface area contributed by atoms with E-state index in [4.69, 9.17) is 54.0 Å². The van der Waals surface area contributed by atoms with Crippen molar-refractivity contribution in [2.45, 2.75) is 103 Å². The van der Waals surface area contributed by atoms with E-state index in [2.05, 4.69) is 63.2 Å². The van der Waals surface area contributed by atoms with Gasteiger partial charge in [-0.1, -0.05) is 12.1 Å². The van der Waals surface area contributed by atoms with Gasteiger partial charge in [0.25, 0.3) is 0 Å². The smallest absolute Gasteiger partial charge is 1.00 e. The standard InChI is InChI=1S/C27H35FN6O2.C21H23ClFN5O.C6H13NO.Na.H/c1-29-13-19-7-5-12-34(14-19)26-22-16-33(15-21-23(28)9-4-10-25(21)35-3)17-24(22)30-27(31-26)36-18-20-8-6-11-32(20)2;1-24-9-14-5-4-8-28(10-14)20-16-12-27(13-18(16)25-21(22)26-20)11-15-17(23)6-3-7-19(15)29-2;1-7-4-2-3-6(7)5-8;;/h4,9-10,19-20H,5-8,11-18H2,2-3H3;3,6-7,14H,4-5,8-13H2,2H3;6,8H,2-5H2,1H3;;/q;;;+1;-1/t19-,20-;14-;6-;;/m000../s1. The van der Waals surface area contributed by atoms with Gasteiger partial charge in [-0.25, -0.2) is 31.9 Å². The molecule has 0 amide bonds. The average Bonchev–Trinajstić information content (AvgIpc) is 4.21. The van der Waals surface area contributed by atoms with Crippen LogP contribution < -0.4 is 53.6 Å². The third kappa shape index (κ3) is 14.3. The quantitative estimate of drug-likeness (QED) is 0.105. The molecule has 2 aromatic carbocycles. The van der Waals surface area contributed by atoms with E-state index < -0.39 is 0 Å². The van der Waals surface area contributed by atoms with Crippen molar-refractivity contribution in [3.05, 3.63) is 110 Å². The first-order valence-electron chi connectivity index (χ1n) is 25.8. The molecule has 16 nitrogen and oxygen atoms in total. The number of ether oxygens (including phenoxy) is 3. The van der Waals surface area contributed by atoms with Crippen LogP contribution in [0, 0.1) is 36.6 Å². The summed E-state index contributed by atoms with van der Waals surface area (Å²) < 4.78 is 46.0. The van der Waals surface area contributed by atoms with E-state index in [1.807, 2.05) is 0 Å². The number of hydrogen-bond acceptors (Lipinski definition) is 14. The molecular formula is C54H72ClF2N12NaO4. The van der Waals surface area contributed by atoms with Gasteiger partial charge in [0.05, 0.1) is 32.2 Å². The van der Waals surface area contributed by atoms with Crippen molar-refractivity contribution in [3.63, 3.8) is 0 Å². The second-order valence-electron chi connectivity index (χ2n) is 20.3. The number of hydrogen-bond donors (Lipinski definition) is 1. The van der Waals surface area contributed by atoms with Crippen LogP contribution in [0.1, 0.15) is 86.4 Å². The predicted molar refractivity (Wildman–Crippen MR) is 279 cm³/mol. The van der Waals surface area contributed by atoms with Crippen molar-refractivity contribution >= 4 is 23.2 Å². The van der Waals surface area contributed by atoms with Crippen LogP contribution in [0.3, 0.4) is 0 Å². The van der Waals surface area contributed by atoms with E-state index in [1.165, 1.54) is 31.4 Å². The number of piperidine rings is 2. The molecule has 4 atom stereocenters. The molecule has 6 aliphatic rings. The third-order valence-electron chi connectivity index (χ3n) is 15.3. The molecule has 0 saturated carbocycles. The molecule has 0 aliphatic carbocycles. The van der Waals surface area contributed by atoms with Crippen molar-refractivity contribution < 1.29 is 59.1 Å². The third-order valence-corrected chi connectivity index (χ3v) is 15.4. The van der Waals surface area contributed by atoms with Gasteiger partial charge >= 0.3 is 35.6 Å².